The fourth-order valence-corrected chi connectivity index (χ4v) is 2.98. The van der Waals surface area contributed by atoms with Crippen LogP contribution >= 0.6 is 0 Å². The highest BCUT2D eigenvalue weighted by atomic mass is 32.2. The molecule has 0 aliphatic heterocycles. The van der Waals surface area contributed by atoms with Crippen molar-refractivity contribution in [3.63, 3.8) is 0 Å². The molecule has 0 bridgehead atoms. The summed E-state index contributed by atoms with van der Waals surface area (Å²) in [6, 6.07) is 15.9. The lowest BCUT2D eigenvalue weighted by Crippen LogP contribution is -2.31. The first-order valence-corrected chi connectivity index (χ1v) is 9.44. The van der Waals surface area contributed by atoms with Crippen molar-refractivity contribution in [3.8, 4) is 0 Å². The van der Waals surface area contributed by atoms with Crippen LogP contribution in [0.4, 0.5) is 0 Å². The molecule has 0 unspecified atom stereocenters. The van der Waals surface area contributed by atoms with Crippen molar-refractivity contribution in [1.29, 1.82) is 0 Å². The Labute approximate surface area is 137 Å². The van der Waals surface area contributed by atoms with Gasteiger partial charge in [-0.05, 0) is 36.2 Å². The van der Waals surface area contributed by atoms with Gasteiger partial charge in [0.05, 0.1) is 4.90 Å². The summed E-state index contributed by atoms with van der Waals surface area (Å²) >= 11 is 0. The SMILES string of the molecule is CCCN(Cc1ccccc1)C(=O)c1ccc(S(C)(=O)=O)cc1. The van der Waals surface area contributed by atoms with Crippen LogP contribution in [0, 0.1) is 0 Å². The minimum Gasteiger partial charge on any atom is -0.334 e. The number of nitrogens with zero attached hydrogens (tertiary/aromatic N) is 1. The summed E-state index contributed by atoms with van der Waals surface area (Å²) in [4.78, 5) is 14.7. The van der Waals surface area contributed by atoms with Gasteiger partial charge in [-0.25, -0.2) is 8.42 Å². The van der Waals surface area contributed by atoms with Crippen LogP contribution in [-0.4, -0.2) is 32.0 Å². The van der Waals surface area contributed by atoms with E-state index in [1.807, 2.05) is 37.3 Å². The van der Waals surface area contributed by atoms with Crippen molar-refractivity contribution in [2.75, 3.05) is 12.8 Å². The standard InChI is InChI=1S/C18H21NO3S/c1-3-13-19(14-15-7-5-4-6-8-15)18(20)16-9-11-17(12-10-16)23(2,21)22/h4-12H,3,13-14H2,1-2H3. The molecule has 122 valence electrons. The van der Waals surface area contributed by atoms with Crippen molar-refractivity contribution in [3.05, 3.63) is 65.7 Å². The fourth-order valence-electron chi connectivity index (χ4n) is 2.35. The zero-order valence-corrected chi connectivity index (χ0v) is 14.2. The predicted octanol–water partition coefficient (Wildman–Crippen LogP) is 3.14. The summed E-state index contributed by atoms with van der Waals surface area (Å²) in [5.41, 5.74) is 1.57. The van der Waals surface area contributed by atoms with E-state index >= 15 is 0 Å². The summed E-state index contributed by atoms with van der Waals surface area (Å²) < 4.78 is 23.0. The van der Waals surface area contributed by atoms with Gasteiger partial charge in [-0.2, -0.15) is 0 Å². The number of sulfone groups is 1. The number of benzene rings is 2. The second-order valence-corrected chi connectivity index (χ2v) is 7.52. The minimum atomic E-state index is -3.25. The molecule has 0 saturated carbocycles. The highest BCUT2D eigenvalue weighted by Gasteiger charge is 2.16. The van der Waals surface area contributed by atoms with Crippen LogP contribution in [0.25, 0.3) is 0 Å². The van der Waals surface area contributed by atoms with Crippen LogP contribution in [0.1, 0.15) is 29.3 Å². The molecule has 2 aromatic rings. The Morgan fingerprint density at radius 3 is 2.13 bits per heavy atom. The van der Waals surface area contributed by atoms with Gasteiger partial charge >= 0.3 is 0 Å². The smallest absolute Gasteiger partial charge is 0.254 e. The predicted molar refractivity (Wildman–Crippen MR) is 91.0 cm³/mol. The lowest BCUT2D eigenvalue weighted by atomic mass is 10.1. The van der Waals surface area contributed by atoms with Gasteiger partial charge in [0.25, 0.3) is 5.91 Å². The Balaban J connectivity index is 2.20. The molecule has 0 aliphatic carbocycles. The number of rotatable bonds is 6. The lowest BCUT2D eigenvalue weighted by Gasteiger charge is -2.22. The normalized spacial score (nSPS) is 11.2. The average molecular weight is 331 g/mol. The molecule has 0 heterocycles. The molecule has 0 N–H and O–H groups in total. The van der Waals surface area contributed by atoms with E-state index < -0.39 is 9.84 Å². The lowest BCUT2D eigenvalue weighted by molar-refractivity contribution is 0.0743. The Hall–Kier alpha value is -2.14. The van der Waals surface area contributed by atoms with Gasteiger partial charge < -0.3 is 4.90 Å². The van der Waals surface area contributed by atoms with E-state index in [-0.39, 0.29) is 10.8 Å². The largest absolute Gasteiger partial charge is 0.334 e. The van der Waals surface area contributed by atoms with Gasteiger partial charge in [-0.1, -0.05) is 37.3 Å². The molecule has 0 atom stereocenters. The molecule has 0 saturated heterocycles. The zero-order valence-electron chi connectivity index (χ0n) is 13.4. The molecule has 0 radical (unpaired) electrons. The van der Waals surface area contributed by atoms with Gasteiger partial charge in [0.2, 0.25) is 0 Å². The van der Waals surface area contributed by atoms with Gasteiger partial charge in [0, 0.05) is 24.9 Å². The van der Waals surface area contributed by atoms with Crippen LogP contribution < -0.4 is 0 Å². The minimum absolute atomic E-state index is 0.0873. The van der Waals surface area contributed by atoms with E-state index in [0.717, 1.165) is 18.2 Å². The van der Waals surface area contributed by atoms with Crippen molar-refractivity contribution >= 4 is 15.7 Å². The third-order valence-corrected chi connectivity index (χ3v) is 4.65. The number of amides is 1. The van der Waals surface area contributed by atoms with Crippen LogP contribution in [0.2, 0.25) is 0 Å². The second-order valence-electron chi connectivity index (χ2n) is 5.51. The molecule has 2 aromatic carbocycles. The quantitative estimate of drug-likeness (QED) is 0.817. The summed E-state index contributed by atoms with van der Waals surface area (Å²) in [5.74, 6) is -0.0873. The van der Waals surface area contributed by atoms with Crippen LogP contribution in [0.3, 0.4) is 0 Å². The van der Waals surface area contributed by atoms with Gasteiger partial charge in [0.1, 0.15) is 0 Å². The summed E-state index contributed by atoms with van der Waals surface area (Å²) in [7, 11) is -3.25. The molecule has 1 amide bonds. The maximum absolute atomic E-state index is 12.7. The maximum Gasteiger partial charge on any atom is 0.254 e. The third-order valence-electron chi connectivity index (χ3n) is 3.53. The third kappa shape index (κ3) is 4.66. The molecule has 0 aromatic heterocycles. The number of hydrogen-bond acceptors (Lipinski definition) is 3. The van der Waals surface area contributed by atoms with Crippen LogP contribution in [0.15, 0.2) is 59.5 Å². The van der Waals surface area contributed by atoms with Crippen LogP contribution in [0.5, 0.6) is 0 Å². The van der Waals surface area contributed by atoms with Crippen molar-refractivity contribution in [2.45, 2.75) is 24.8 Å². The highest BCUT2D eigenvalue weighted by Crippen LogP contribution is 2.14. The Kier molecular flexibility index (Phi) is 5.55. The van der Waals surface area contributed by atoms with E-state index in [2.05, 4.69) is 0 Å². The molecule has 0 aliphatic rings. The first kappa shape index (κ1) is 17.2. The molecular formula is C18H21NO3S. The van der Waals surface area contributed by atoms with Crippen molar-refractivity contribution in [2.24, 2.45) is 0 Å². The molecule has 2 rings (SSSR count). The highest BCUT2D eigenvalue weighted by molar-refractivity contribution is 7.90. The molecule has 0 spiro atoms. The Morgan fingerprint density at radius 1 is 1.00 bits per heavy atom. The Morgan fingerprint density at radius 2 is 1.61 bits per heavy atom. The topological polar surface area (TPSA) is 54.5 Å². The first-order valence-electron chi connectivity index (χ1n) is 7.55. The summed E-state index contributed by atoms with van der Waals surface area (Å²) in [6.07, 6.45) is 2.02. The van der Waals surface area contributed by atoms with E-state index in [9.17, 15) is 13.2 Å². The van der Waals surface area contributed by atoms with Gasteiger partial charge in [0.15, 0.2) is 9.84 Å². The number of hydrogen-bond donors (Lipinski definition) is 0. The van der Waals surface area contributed by atoms with E-state index in [1.54, 1.807) is 17.0 Å². The van der Waals surface area contributed by atoms with Gasteiger partial charge in [-0.15, -0.1) is 0 Å². The molecule has 5 heteroatoms. The van der Waals surface area contributed by atoms with Gasteiger partial charge in [-0.3, -0.25) is 4.79 Å². The second kappa shape index (κ2) is 7.42. The van der Waals surface area contributed by atoms with E-state index in [4.69, 9.17) is 0 Å². The zero-order chi connectivity index (χ0) is 16.9. The average Bonchev–Trinajstić information content (AvgIpc) is 2.54. The van der Waals surface area contributed by atoms with Crippen LogP contribution in [-0.2, 0) is 16.4 Å². The van der Waals surface area contributed by atoms with E-state index in [0.29, 0.717) is 18.7 Å². The Bertz CT molecular complexity index is 753. The van der Waals surface area contributed by atoms with E-state index in [1.165, 1.54) is 12.1 Å². The number of carbonyl (C=O) groups excluding carboxylic acids is 1. The van der Waals surface area contributed by atoms with Crippen molar-refractivity contribution in [1.82, 2.24) is 4.90 Å². The molecule has 23 heavy (non-hydrogen) atoms. The maximum atomic E-state index is 12.7. The fraction of sp³-hybridized carbons (Fsp3) is 0.278. The molecule has 4 nitrogen and oxygen atoms in total. The molecule has 0 fully saturated rings. The summed E-state index contributed by atoms with van der Waals surface area (Å²) in [6.45, 7) is 3.22. The summed E-state index contributed by atoms with van der Waals surface area (Å²) in [5, 5.41) is 0. The van der Waals surface area contributed by atoms with Crippen molar-refractivity contribution < 1.29 is 13.2 Å². The molecular weight excluding hydrogens is 310 g/mol. The first-order chi connectivity index (χ1) is 10.9. The monoisotopic (exact) mass is 331 g/mol. The number of carbonyl (C=O) groups is 1.